The quantitative estimate of drug-likeness (QED) is 0.334. The van der Waals surface area contributed by atoms with Crippen molar-refractivity contribution in [3.8, 4) is 17.2 Å². The lowest BCUT2D eigenvalue weighted by molar-refractivity contribution is 0.147. The summed E-state index contributed by atoms with van der Waals surface area (Å²) in [6.07, 6.45) is -1.71. The highest BCUT2D eigenvalue weighted by Crippen LogP contribution is 2.34. The van der Waals surface area contributed by atoms with Crippen molar-refractivity contribution in [2.45, 2.75) is 19.6 Å². The SMILES string of the molecule is COc1ccc(CNc2ncnc3c2c(C(F)F)nn3-c2cc(Br)c(F)c(CO)c2)c(OC)c1. The Labute approximate surface area is 200 Å². The molecule has 0 saturated heterocycles. The summed E-state index contributed by atoms with van der Waals surface area (Å²) in [5.41, 5.74) is 0.528. The van der Waals surface area contributed by atoms with Crippen LogP contribution in [0.1, 0.15) is 23.2 Å². The minimum absolute atomic E-state index is 0.0226. The van der Waals surface area contributed by atoms with E-state index in [9.17, 15) is 18.3 Å². The molecule has 2 heterocycles. The fraction of sp³-hybridized carbons (Fsp3) is 0.227. The third kappa shape index (κ3) is 4.38. The third-order valence-electron chi connectivity index (χ3n) is 5.14. The summed E-state index contributed by atoms with van der Waals surface area (Å²) in [5, 5.41) is 16.6. The van der Waals surface area contributed by atoms with Crippen LogP contribution in [0.4, 0.5) is 19.0 Å². The van der Waals surface area contributed by atoms with Crippen LogP contribution in [-0.4, -0.2) is 39.1 Å². The highest BCUT2D eigenvalue weighted by Gasteiger charge is 2.25. The van der Waals surface area contributed by atoms with Gasteiger partial charge in [0.15, 0.2) is 5.65 Å². The average Bonchev–Trinajstić information content (AvgIpc) is 3.25. The molecule has 0 aliphatic carbocycles. The van der Waals surface area contributed by atoms with Gasteiger partial charge in [-0.3, -0.25) is 0 Å². The van der Waals surface area contributed by atoms with Crippen molar-refractivity contribution in [1.29, 1.82) is 0 Å². The molecule has 0 bridgehead atoms. The predicted molar refractivity (Wildman–Crippen MR) is 122 cm³/mol. The zero-order chi connectivity index (χ0) is 24.4. The number of fused-ring (bicyclic) bond motifs is 1. The second-order valence-electron chi connectivity index (χ2n) is 7.11. The average molecular weight is 538 g/mol. The Bertz CT molecular complexity index is 1350. The summed E-state index contributed by atoms with van der Waals surface area (Å²) < 4.78 is 53.9. The number of halogens is 4. The van der Waals surface area contributed by atoms with Crippen LogP contribution >= 0.6 is 15.9 Å². The molecular weight excluding hydrogens is 519 g/mol. The van der Waals surface area contributed by atoms with Gasteiger partial charge in [0.2, 0.25) is 0 Å². The van der Waals surface area contributed by atoms with Crippen LogP contribution < -0.4 is 14.8 Å². The lowest BCUT2D eigenvalue weighted by Crippen LogP contribution is -2.05. The first-order chi connectivity index (χ1) is 16.4. The number of methoxy groups -OCH3 is 2. The molecule has 4 aromatic rings. The van der Waals surface area contributed by atoms with Gasteiger partial charge in [-0.2, -0.15) is 5.10 Å². The van der Waals surface area contributed by atoms with Gasteiger partial charge in [-0.05, 0) is 40.2 Å². The maximum atomic E-state index is 14.2. The van der Waals surface area contributed by atoms with Crippen LogP contribution in [0.25, 0.3) is 16.7 Å². The lowest BCUT2D eigenvalue weighted by Gasteiger charge is -2.12. The first-order valence-electron chi connectivity index (χ1n) is 9.93. The van der Waals surface area contributed by atoms with Crippen LogP contribution in [0.15, 0.2) is 41.1 Å². The van der Waals surface area contributed by atoms with Gasteiger partial charge in [-0.15, -0.1) is 0 Å². The van der Waals surface area contributed by atoms with Crippen LogP contribution in [-0.2, 0) is 13.2 Å². The normalized spacial score (nSPS) is 11.3. The molecule has 2 aromatic carbocycles. The summed E-state index contributed by atoms with van der Waals surface area (Å²) in [4.78, 5) is 8.29. The van der Waals surface area contributed by atoms with Crippen molar-refractivity contribution in [2.75, 3.05) is 19.5 Å². The number of rotatable bonds is 8. The molecule has 8 nitrogen and oxygen atoms in total. The molecule has 0 atom stereocenters. The Balaban J connectivity index is 1.79. The largest absolute Gasteiger partial charge is 0.497 e. The van der Waals surface area contributed by atoms with Gasteiger partial charge in [-0.25, -0.2) is 27.8 Å². The second-order valence-corrected chi connectivity index (χ2v) is 7.96. The number of benzene rings is 2. The maximum Gasteiger partial charge on any atom is 0.282 e. The van der Waals surface area contributed by atoms with Crippen molar-refractivity contribution in [1.82, 2.24) is 19.7 Å². The maximum absolute atomic E-state index is 14.2. The number of anilines is 1. The van der Waals surface area contributed by atoms with E-state index >= 15 is 0 Å². The van der Waals surface area contributed by atoms with Crippen molar-refractivity contribution in [2.24, 2.45) is 0 Å². The molecule has 4 rings (SSSR count). The third-order valence-corrected chi connectivity index (χ3v) is 5.72. The summed E-state index contributed by atoms with van der Waals surface area (Å²) in [5.74, 6) is 0.656. The molecule has 0 aliphatic heterocycles. The number of ether oxygens (including phenoxy) is 2. The highest BCUT2D eigenvalue weighted by molar-refractivity contribution is 9.10. The van der Waals surface area contributed by atoms with E-state index in [0.29, 0.717) is 11.5 Å². The van der Waals surface area contributed by atoms with Gasteiger partial charge in [0.25, 0.3) is 6.43 Å². The molecular formula is C22H19BrF3N5O3. The van der Waals surface area contributed by atoms with Gasteiger partial charge in [-0.1, -0.05) is 0 Å². The molecule has 34 heavy (non-hydrogen) atoms. The van der Waals surface area contributed by atoms with E-state index < -0.39 is 24.5 Å². The van der Waals surface area contributed by atoms with Crippen LogP contribution in [0.2, 0.25) is 0 Å². The summed E-state index contributed by atoms with van der Waals surface area (Å²) in [6.45, 7) is -0.367. The van der Waals surface area contributed by atoms with Crippen molar-refractivity contribution >= 4 is 32.8 Å². The fourth-order valence-electron chi connectivity index (χ4n) is 3.49. The first kappa shape index (κ1) is 23.8. The Morgan fingerprint density at radius 3 is 2.59 bits per heavy atom. The van der Waals surface area contributed by atoms with Crippen molar-refractivity contribution in [3.63, 3.8) is 0 Å². The fourth-order valence-corrected chi connectivity index (χ4v) is 3.98. The number of hydrogen-bond acceptors (Lipinski definition) is 7. The molecule has 0 spiro atoms. The Kier molecular flexibility index (Phi) is 6.89. The van der Waals surface area contributed by atoms with Gasteiger partial charge in [0.1, 0.15) is 35.2 Å². The zero-order valence-corrected chi connectivity index (χ0v) is 19.6. The van der Waals surface area contributed by atoms with Gasteiger partial charge in [0.05, 0.1) is 36.4 Å². The summed E-state index contributed by atoms with van der Waals surface area (Å²) in [7, 11) is 3.05. The predicted octanol–water partition coefficient (Wildman–Crippen LogP) is 4.78. The van der Waals surface area contributed by atoms with E-state index in [1.807, 2.05) is 0 Å². The smallest absolute Gasteiger partial charge is 0.282 e. The van der Waals surface area contributed by atoms with Gasteiger partial charge < -0.3 is 19.9 Å². The lowest BCUT2D eigenvalue weighted by atomic mass is 10.2. The van der Waals surface area contributed by atoms with E-state index in [1.165, 1.54) is 37.4 Å². The van der Waals surface area contributed by atoms with Crippen molar-refractivity contribution in [3.05, 3.63) is 63.8 Å². The molecule has 0 unspecified atom stereocenters. The van der Waals surface area contributed by atoms with E-state index in [-0.39, 0.29) is 39.1 Å². The van der Waals surface area contributed by atoms with Gasteiger partial charge >= 0.3 is 0 Å². The highest BCUT2D eigenvalue weighted by atomic mass is 79.9. The molecule has 0 radical (unpaired) electrons. The van der Waals surface area contributed by atoms with Crippen LogP contribution in [0.5, 0.6) is 11.5 Å². The number of aromatic nitrogens is 4. The molecule has 0 amide bonds. The van der Waals surface area contributed by atoms with Crippen molar-refractivity contribution < 1.29 is 27.8 Å². The van der Waals surface area contributed by atoms with Crippen LogP contribution in [0, 0.1) is 5.82 Å². The molecule has 2 N–H and O–H groups in total. The van der Waals surface area contributed by atoms with E-state index in [4.69, 9.17) is 9.47 Å². The number of nitrogens with one attached hydrogen (secondary N) is 1. The number of nitrogens with zero attached hydrogens (tertiary/aromatic N) is 4. The van der Waals surface area contributed by atoms with Gasteiger partial charge in [0, 0.05) is 23.7 Å². The second kappa shape index (κ2) is 9.85. The molecule has 0 fully saturated rings. The Hall–Kier alpha value is -3.38. The van der Waals surface area contributed by atoms with E-state index in [1.54, 1.807) is 18.2 Å². The molecule has 0 aliphatic rings. The molecule has 178 valence electrons. The topological polar surface area (TPSA) is 94.3 Å². The molecule has 0 saturated carbocycles. The number of hydrogen-bond donors (Lipinski definition) is 2. The Morgan fingerprint density at radius 2 is 1.91 bits per heavy atom. The monoisotopic (exact) mass is 537 g/mol. The van der Waals surface area contributed by atoms with E-state index in [2.05, 4.69) is 36.3 Å². The molecule has 12 heteroatoms. The number of aliphatic hydroxyl groups is 1. The summed E-state index contributed by atoms with van der Waals surface area (Å²) >= 11 is 3.08. The minimum atomic E-state index is -2.92. The number of aliphatic hydroxyl groups excluding tert-OH is 1. The minimum Gasteiger partial charge on any atom is -0.497 e. The van der Waals surface area contributed by atoms with E-state index in [0.717, 1.165) is 5.56 Å². The zero-order valence-electron chi connectivity index (χ0n) is 18.0. The molecule has 2 aromatic heterocycles. The van der Waals surface area contributed by atoms with Crippen LogP contribution in [0.3, 0.4) is 0 Å². The standard InChI is InChI=1S/C22H19BrF3N5O3/c1-33-14-4-3-11(16(7-14)34-2)8-27-21-17-19(20(25)26)30-31(22(17)29-10-28-21)13-5-12(9-32)18(24)15(23)6-13/h3-7,10,20,32H,8-9H2,1-2H3,(H,27,28,29). The summed E-state index contributed by atoms with van der Waals surface area (Å²) in [6, 6.07) is 7.93. The number of alkyl halides is 2. The Morgan fingerprint density at radius 1 is 1.12 bits per heavy atom. The first-order valence-corrected chi connectivity index (χ1v) is 10.7.